The van der Waals surface area contributed by atoms with Gasteiger partial charge >= 0.3 is 5.97 Å². The number of esters is 1. The number of ether oxygens (including phenoxy) is 2. The molecule has 1 N–H and O–H groups in total. The monoisotopic (exact) mass is 306 g/mol. The number of aromatic hydroxyl groups is 1. The zero-order chi connectivity index (χ0) is 15.6. The molecule has 0 fully saturated rings. The summed E-state index contributed by atoms with van der Waals surface area (Å²) in [5, 5.41) is 10.5. The molecule has 0 aromatic heterocycles. The fraction of sp³-hybridized carbons (Fsp3) is 0.188. The van der Waals surface area contributed by atoms with Crippen LogP contribution in [0.25, 0.3) is 0 Å². The van der Waals surface area contributed by atoms with Gasteiger partial charge < -0.3 is 14.6 Å². The van der Waals surface area contributed by atoms with Gasteiger partial charge in [0, 0.05) is 10.6 Å². The zero-order valence-electron chi connectivity index (χ0n) is 11.9. The predicted octanol–water partition coefficient (Wildman–Crippen LogP) is 4.24. The molecule has 0 unspecified atom stereocenters. The molecule has 0 saturated heterocycles. The number of benzene rings is 2. The molecule has 0 atom stereocenters. The maximum Gasteiger partial charge on any atom is 0.342 e. The molecule has 0 aliphatic carbocycles. The summed E-state index contributed by atoms with van der Waals surface area (Å²) in [7, 11) is 1.26. The van der Waals surface area contributed by atoms with Gasteiger partial charge in [0.25, 0.3) is 0 Å². The van der Waals surface area contributed by atoms with Gasteiger partial charge in [0.2, 0.25) is 0 Å². The molecule has 0 saturated carbocycles. The van der Waals surface area contributed by atoms with Crippen molar-refractivity contribution in [1.29, 1.82) is 0 Å². The number of methoxy groups -OCH3 is 1. The Kier molecular flexibility index (Phi) is 4.38. The second kappa shape index (κ2) is 6.06. The summed E-state index contributed by atoms with van der Waals surface area (Å²) in [4.78, 5) is 11.8. The first-order valence-corrected chi connectivity index (χ1v) is 6.66. The molecule has 5 heteroatoms. The predicted molar refractivity (Wildman–Crippen MR) is 80.4 cm³/mol. The normalized spacial score (nSPS) is 10.3. The minimum atomic E-state index is -0.606. The maximum atomic E-state index is 11.8. The number of aryl methyl sites for hydroxylation is 1. The molecule has 0 bridgehead atoms. The van der Waals surface area contributed by atoms with Crippen molar-refractivity contribution in [2.45, 2.75) is 13.8 Å². The first-order valence-electron chi connectivity index (χ1n) is 6.29. The molecule has 0 aliphatic heterocycles. The summed E-state index contributed by atoms with van der Waals surface area (Å²) in [5.74, 6) is 0.369. The highest BCUT2D eigenvalue weighted by molar-refractivity contribution is 6.30. The van der Waals surface area contributed by atoms with Crippen molar-refractivity contribution in [3.8, 4) is 17.2 Å². The third kappa shape index (κ3) is 3.11. The Hall–Kier alpha value is -2.20. The van der Waals surface area contributed by atoms with Gasteiger partial charge in [-0.2, -0.15) is 0 Å². The third-order valence-corrected chi connectivity index (χ3v) is 3.36. The number of hydrogen-bond acceptors (Lipinski definition) is 4. The Bertz CT molecular complexity index is 678. The van der Waals surface area contributed by atoms with Crippen LogP contribution in [0.5, 0.6) is 17.2 Å². The van der Waals surface area contributed by atoms with Crippen molar-refractivity contribution in [2.24, 2.45) is 0 Å². The molecule has 0 heterocycles. The SMILES string of the molecule is COC(=O)c1c(O)cc(C)c(Oc2ccc(Cl)cc2)c1C. The first-order chi connectivity index (χ1) is 9.93. The minimum absolute atomic E-state index is 0.104. The van der Waals surface area contributed by atoms with Gasteiger partial charge in [-0.15, -0.1) is 0 Å². The molecule has 2 rings (SSSR count). The summed E-state index contributed by atoms with van der Waals surface area (Å²) >= 11 is 5.83. The molecule has 0 amide bonds. The second-order valence-electron chi connectivity index (χ2n) is 4.59. The first kappa shape index (κ1) is 15.2. The number of phenols is 1. The van der Waals surface area contributed by atoms with Crippen LogP contribution in [-0.4, -0.2) is 18.2 Å². The lowest BCUT2D eigenvalue weighted by Gasteiger charge is -2.15. The van der Waals surface area contributed by atoms with Crippen molar-refractivity contribution in [2.75, 3.05) is 7.11 Å². The van der Waals surface area contributed by atoms with E-state index in [1.54, 1.807) is 38.1 Å². The second-order valence-corrected chi connectivity index (χ2v) is 5.03. The molecule has 0 aliphatic rings. The van der Waals surface area contributed by atoms with Crippen molar-refractivity contribution < 1.29 is 19.4 Å². The number of phenolic OH excluding ortho intramolecular Hbond substituents is 1. The molecule has 110 valence electrons. The van der Waals surface area contributed by atoms with Crippen LogP contribution >= 0.6 is 11.6 Å². The van der Waals surface area contributed by atoms with Crippen LogP contribution < -0.4 is 4.74 Å². The Morgan fingerprint density at radius 3 is 2.38 bits per heavy atom. The fourth-order valence-electron chi connectivity index (χ4n) is 2.08. The number of halogens is 1. The molecular weight excluding hydrogens is 292 g/mol. The van der Waals surface area contributed by atoms with E-state index in [1.165, 1.54) is 13.2 Å². The Balaban J connectivity index is 2.48. The van der Waals surface area contributed by atoms with E-state index in [4.69, 9.17) is 16.3 Å². The molecular formula is C16H15ClO4. The summed E-state index contributed by atoms with van der Waals surface area (Å²) in [6.07, 6.45) is 0. The van der Waals surface area contributed by atoms with E-state index in [1.807, 2.05) is 0 Å². The molecule has 0 radical (unpaired) electrons. The number of carbonyl (C=O) groups excluding carboxylic acids is 1. The summed E-state index contributed by atoms with van der Waals surface area (Å²) in [6.45, 7) is 3.49. The van der Waals surface area contributed by atoms with Crippen LogP contribution in [0.15, 0.2) is 30.3 Å². The smallest absolute Gasteiger partial charge is 0.342 e. The van der Waals surface area contributed by atoms with E-state index in [0.717, 1.165) is 0 Å². The molecule has 2 aromatic carbocycles. The largest absolute Gasteiger partial charge is 0.507 e. The van der Waals surface area contributed by atoms with Crippen molar-refractivity contribution >= 4 is 17.6 Å². The lowest BCUT2D eigenvalue weighted by molar-refractivity contribution is 0.0596. The van der Waals surface area contributed by atoms with Gasteiger partial charge in [-0.05, 0) is 49.7 Å². The van der Waals surface area contributed by atoms with Gasteiger partial charge in [0.05, 0.1) is 7.11 Å². The molecule has 2 aromatic rings. The quantitative estimate of drug-likeness (QED) is 0.862. The molecule has 4 nitrogen and oxygen atoms in total. The van der Waals surface area contributed by atoms with Crippen molar-refractivity contribution in [3.05, 3.63) is 52.0 Å². The number of carbonyl (C=O) groups is 1. The van der Waals surface area contributed by atoms with Crippen LogP contribution in [0.4, 0.5) is 0 Å². The van der Waals surface area contributed by atoms with E-state index in [2.05, 4.69) is 4.74 Å². The van der Waals surface area contributed by atoms with Crippen LogP contribution in [-0.2, 0) is 4.74 Å². The van der Waals surface area contributed by atoms with E-state index < -0.39 is 5.97 Å². The van der Waals surface area contributed by atoms with Gasteiger partial charge in [0.1, 0.15) is 22.8 Å². The van der Waals surface area contributed by atoms with E-state index in [0.29, 0.717) is 27.6 Å². The van der Waals surface area contributed by atoms with Crippen LogP contribution in [0.2, 0.25) is 5.02 Å². The Morgan fingerprint density at radius 2 is 1.81 bits per heavy atom. The third-order valence-electron chi connectivity index (χ3n) is 3.11. The Labute approximate surface area is 127 Å². The highest BCUT2D eigenvalue weighted by Gasteiger charge is 2.20. The zero-order valence-corrected chi connectivity index (χ0v) is 12.7. The molecule has 21 heavy (non-hydrogen) atoms. The maximum absolute atomic E-state index is 11.8. The fourth-order valence-corrected chi connectivity index (χ4v) is 2.21. The van der Waals surface area contributed by atoms with Gasteiger partial charge in [-0.25, -0.2) is 4.79 Å². The Morgan fingerprint density at radius 1 is 1.19 bits per heavy atom. The van der Waals surface area contributed by atoms with Gasteiger partial charge in [0.15, 0.2) is 0 Å². The van der Waals surface area contributed by atoms with E-state index in [9.17, 15) is 9.90 Å². The van der Waals surface area contributed by atoms with Crippen molar-refractivity contribution in [3.63, 3.8) is 0 Å². The average Bonchev–Trinajstić information content (AvgIpc) is 2.45. The summed E-state index contributed by atoms with van der Waals surface area (Å²) < 4.78 is 10.5. The highest BCUT2D eigenvalue weighted by atomic mass is 35.5. The van der Waals surface area contributed by atoms with Crippen molar-refractivity contribution in [1.82, 2.24) is 0 Å². The van der Waals surface area contributed by atoms with E-state index >= 15 is 0 Å². The van der Waals surface area contributed by atoms with Gasteiger partial charge in [-0.3, -0.25) is 0 Å². The van der Waals surface area contributed by atoms with Crippen LogP contribution in [0.3, 0.4) is 0 Å². The van der Waals surface area contributed by atoms with Crippen LogP contribution in [0, 0.1) is 13.8 Å². The lowest BCUT2D eigenvalue weighted by Crippen LogP contribution is -2.06. The number of hydrogen-bond donors (Lipinski definition) is 1. The van der Waals surface area contributed by atoms with Gasteiger partial charge in [-0.1, -0.05) is 11.6 Å². The topological polar surface area (TPSA) is 55.8 Å². The highest BCUT2D eigenvalue weighted by Crippen LogP contribution is 2.36. The van der Waals surface area contributed by atoms with Crippen LogP contribution in [0.1, 0.15) is 21.5 Å². The lowest BCUT2D eigenvalue weighted by atomic mass is 10.0. The summed E-state index contributed by atoms with van der Waals surface area (Å²) in [6, 6.07) is 8.36. The molecule has 0 spiro atoms. The number of rotatable bonds is 3. The van der Waals surface area contributed by atoms with E-state index in [-0.39, 0.29) is 11.3 Å². The summed E-state index contributed by atoms with van der Waals surface area (Å²) in [5.41, 5.74) is 1.34. The standard InChI is InChI=1S/C16H15ClO4/c1-9-8-13(18)14(16(19)20-3)10(2)15(9)21-12-6-4-11(17)5-7-12/h4-8,18H,1-3H3. The minimum Gasteiger partial charge on any atom is -0.507 e. The average molecular weight is 307 g/mol.